The van der Waals surface area contributed by atoms with Gasteiger partial charge in [0.15, 0.2) is 11.5 Å². The van der Waals surface area contributed by atoms with E-state index in [4.69, 9.17) is 14.2 Å². The average Bonchev–Trinajstić information content (AvgIpc) is 2.75. The Kier molecular flexibility index (Phi) is 9.65. The van der Waals surface area contributed by atoms with Gasteiger partial charge in [-0.2, -0.15) is 0 Å². The summed E-state index contributed by atoms with van der Waals surface area (Å²) in [6.45, 7) is 4.65. The van der Waals surface area contributed by atoms with Crippen LogP contribution in [-0.4, -0.2) is 69.7 Å². The molecule has 0 aliphatic carbocycles. The fourth-order valence-corrected chi connectivity index (χ4v) is 3.47. The van der Waals surface area contributed by atoms with Gasteiger partial charge in [0.25, 0.3) is 0 Å². The highest BCUT2D eigenvalue weighted by Crippen LogP contribution is 2.27. The Morgan fingerprint density at radius 1 is 0.967 bits per heavy atom. The van der Waals surface area contributed by atoms with E-state index < -0.39 is 6.10 Å². The van der Waals surface area contributed by atoms with Crippen molar-refractivity contribution in [3.05, 3.63) is 53.8 Å². The predicted octanol–water partition coefficient (Wildman–Crippen LogP) is 2.96. The minimum atomic E-state index is -0.549. The molecule has 30 heavy (non-hydrogen) atoms. The zero-order valence-corrected chi connectivity index (χ0v) is 18.2. The molecule has 2 aromatic rings. The monoisotopic (exact) mass is 440 g/mol. The standard InChI is InChI=1S/C22H29FN2O4.ClH/c1-27-21-8-3-17(13-22(21)28-2)15-29-16-20(26)14-24-9-11-25(12-10-24)19-6-4-18(23)5-7-19;/h3-8,13,20,26H,9-12,14-16H2,1-2H3;1H. The zero-order valence-electron chi connectivity index (χ0n) is 17.4. The van der Waals surface area contributed by atoms with Crippen molar-refractivity contribution in [1.82, 2.24) is 4.90 Å². The highest BCUT2D eigenvalue weighted by atomic mass is 35.5. The fourth-order valence-electron chi connectivity index (χ4n) is 3.47. The van der Waals surface area contributed by atoms with E-state index in [0.717, 1.165) is 37.4 Å². The molecule has 1 fully saturated rings. The minimum Gasteiger partial charge on any atom is -0.493 e. The Labute approximate surface area is 183 Å². The first-order valence-corrected chi connectivity index (χ1v) is 9.78. The molecule has 0 bridgehead atoms. The summed E-state index contributed by atoms with van der Waals surface area (Å²) in [7, 11) is 3.20. The molecular weight excluding hydrogens is 411 g/mol. The molecular formula is C22H30ClFN2O4. The van der Waals surface area contributed by atoms with Gasteiger partial charge in [0.2, 0.25) is 0 Å². The van der Waals surface area contributed by atoms with E-state index in [2.05, 4.69) is 9.80 Å². The molecule has 1 atom stereocenters. The highest BCUT2D eigenvalue weighted by molar-refractivity contribution is 5.85. The Morgan fingerprint density at radius 3 is 2.27 bits per heavy atom. The number of aliphatic hydroxyl groups is 1. The van der Waals surface area contributed by atoms with Crippen molar-refractivity contribution in [2.24, 2.45) is 0 Å². The highest BCUT2D eigenvalue weighted by Gasteiger charge is 2.19. The first-order valence-electron chi connectivity index (χ1n) is 9.78. The van der Waals surface area contributed by atoms with E-state index in [9.17, 15) is 9.50 Å². The molecule has 1 N–H and O–H groups in total. The zero-order chi connectivity index (χ0) is 20.6. The number of hydrogen-bond acceptors (Lipinski definition) is 6. The molecule has 1 unspecified atom stereocenters. The minimum absolute atomic E-state index is 0. The van der Waals surface area contributed by atoms with E-state index in [0.29, 0.717) is 24.7 Å². The van der Waals surface area contributed by atoms with Crippen LogP contribution in [0.5, 0.6) is 11.5 Å². The van der Waals surface area contributed by atoms with Gasteiger partial charge in [-0.15, -0.1) is 12.4 Å². The lowest BCUT2D eigenvalue weighted by Gasteiger charge is -2.36. The second-order valence-corrected chi connectivity index (χ2v) is 7.12. The number of ether oxygens (including phenoxy) is 3. The van der Waals surface area contributed by atoms with Crippen LogP contribution in [0.25, 0.3) is 0 Å². The fraction of sp³-hybridized carbons (Fsp3) is 0.455. The second-order valence-electron chi connectivity index (χ2n) is 7.12. The average molecular weight is 441 g/mol. The van der Waals surface area contributed by atoms with Crippen LogP contribution < -0.4 is 14.4 Å². The molecule has 1 aliphatic rings. The summed E-state index contributed by atoms with van der Waals surface area (Å²) in [5, 5.41) is 10.3. The van der Waals surface area contributed by atoms with Gasteiger partial charge in [0.05, 0.1) is 33.5 Å². The lowest BCUT2D eigenvalue weighted by Crippen LogP contribution is -2.49. The van der Waals surface area contributed by atoms with Crippen LogP contribution in [0, 0.1) is 5.82 Å². The first-order chi connectivity index (χ1) is 14.1. The Morgan fingerprint density at radius 2 is 1.63 bits per heavy atom. The van der Waals surface area contributed by atoms with Gasteiger partial charge in [-0.05, 0) is 42.0 Å². The number of piperazine rings is 1. The summed E-state index contributed by atoms with van der Waals surface area (Å²) in [6, 6.07) is 12.2. The van der Waals surface area contributed by atoms with Gasteiger partial charge in [0, 0.05) is 38.4 Å². The number of rotatable bonds is 9. The first kappa shape index (κ1) is 24.2. The molecule has 1 aliphatic heterocycles. The SMILES string of the molecule is COc1ccc(COCC(O)CN2CCN(c3ccc(F)cc3)CC2)cc1OC.Cl. The molecule has 0 saturated carbocycles. The van der Waals surface area contributed by atoms with Crippen LogP contribution in [0.15, 0.2) is 42.5 Å². The van der Waals surface area contributed by atoms with E-state index in [1.54, 1.807) is 14.2 Å². The number of halogens is 2. The maximum Gasteiger partial charge on any atom is 0.161 e. The Bertz CT molecular complexity index is 770. The summed E-state index contributed by atoms with van der Waals surface area (Å²) in [5.74, 6) is 1.12. The van der Waals surface area contributed by atoms with Gasteiger partial charge in [-0.1, -0.05) is 6.07 Å². The molecule has 0 amide bonds. The van der Waals surface area contributed by atoms with E-state index in [-0.39, 0.29) is 24.8 Å². The van der Waals surface area contributed by atoms with Crippen LogP contribution in [-0.2, 0) is 11.3 Å². The quantitative estimate of drug-likeness (QED) is 0.647. The summed E-state index contributed by atoms with van der Waals surface area (Å²) < 4.78 is 29.3. The Hall–Kier alpha value is -2.06. The predicted molar refractivity (Wildman–Crippen MR) is 118 cm³/mol. The van der Waals surface area contributed by atoms with Crippen molar-refractivity contribution < 1.29 is 23.7 Å². The van der Waals surface area contributed by atoms with Crippen LogP contribution in [0.4, 0.5) is 10.1 Å². The third-order valence-corrected chi connectivity index (χ3v) is 5.06. The molecule has 8 heteroatoms. The van der Waals surface area contributed by atoms with Crippen molar-refractivity contribution in [3.8, 4) is 11.5 Å². The van der Waals surface area contributed by atoms with Crippen molar-refractivity contribution in [3.63, 3.8) is 0 Å². The number of benzene rings is 2. The molecule has 0 aromatic heterocycles. The van der Waals surface area contributed by atoms with E-state index in [1.165, 1.54) is 12.1 Å². The van der Waals surface area contributed by atoms with Crippen molar-refractivity contribution in [1.29, 1.82) is 0 Å². The molecule has 0 radical (unpaired) electrons. The smallest absolute Gasteiger partial charge is 0.161 e. The van der Waals surface area contributed by atoms with Gasteiger partial charge >= 0.3 is 0 Å². The summed E-state index contributed by atoms with van der Waals surface area (Å²) in [5.41, 5.74) is 1.99. The van der Waals surface area contributed by atoms with Crippen LogP contribution in [0.3, 0.4) is 0 Å². The Balaban J connectivity index is 0.00000320. The molecule has 6 nitrogen and oxygen atoms in total. The molecule has 1 saturated heterocycles. The number of methoxy groups -OCH3 is 2. The third kappa shape index (κ3) is 6.74. The van der Waals surface area contributed by atoms with Crippen molar-refractivity contribution >= 4 is 18.1 Å². The topological polar surface area (TPSA) is 54.4 Å². The molecule has 0 spiro atoms. The van der Waals surface area contributed by atoms with Crippen LogP contribution >= 0.6 is 12.4 Å². The van der Waals surface area contributed by atoms with Crippen molar-refractivity contribution in [2.75, 3.05) is 58.5 Å². The lowest BCUT2D eigenvalue weighted by molar-refractivity contribution is 0.00909. The maximum atomic E-state index is 13.1. The number of hydrogen-bond donors (Lipinski definition) is 1. The normalized spacial score (nSPS) is 15.4. The maximum absolute atomic E-state index is 13.1. The second kappa shape index (κ2) is 12.0. The van der Waals surface area contributed by atoms with Gasteiger partial charge in [0.1, 0.15) is 5.82 Å². The van der Waals surface area contributed by atoms with E-state index in [1.807, 2.05) is 30.3 Å². The molecule has 3 rings (SSSR count). The lowest BCUT2D eigenvalue weighted by atomic mass is 10.2. The largest absolute Gasteiger partial charge is 0.493 e. The van der Waals surface area contributed by atoms with Gasteiger partial charge < -0.3 is 24.2 Å². The van der Waals surface area contributed by atoms with Crippen LogP contribution in [0.2, 0.25) is 0 Å². The third-order valence-electron chi connectivity index (χ3n) is 5.06. The summed E-state index contributed by atoms with van der Waals surface area (Å²) in [6.07, 6.45) is -0.549. The van der Waals surface area contributed by atoms with Crippen LogP contribution in [0.1, 0.15) is 5.56 Å². The van der Waals surface area contributed by atoms with Gasteiger partial charge in [-0.3, -0.25) is 4.90 Å². The van der Waals surface area contributed by atoms with E-state index >= 15 is 0 Å². The summed E-state index contributed by atoms with van der Waals surface area (Å²) in [4.78, 5) is 4.46. The molecule has 166 valence electrons. The number of nitrogens with zero attached hydrogens (tertiary/aromatic N) is 2. The number of aliphatic hydroxyl groups excluding tert-OH is 1. The molecule has 1 heterocycles. The number of anilines is 1. The van der Waals surface area contributed by atoms with Gasteiger partial charge in [-0.25, -0.2) is 4.39 Å². The molecule has 2 aromatic carbocycles. The number of β-amino-alcohol motifs (C(OH)–C–C–N with tert-alkyl or cyclic N) is 1. The van der Waals surface area contributed by atoms with Crippen molar-refractivity contribution in [2.45, 2.75) is 12.7 Å². The summed E-state index contributed by atoms with van der Waals surface area (Å²) >= 11 is 0.